The SMILES string of the molecule is CCCCCOc1cccc(C2/C(=C(\O)c3ccc(Cl)cc3)C(=O)C(=O)N2c2nnc(SCc3ccc(Cl)cc3Cl)s2)c1. The summed E-state index contributed by atoms with van der Waals surface area (Å²) in [7, 11) is 0. The first-order valence-electron chi connectivity index (χ1n) is 13.5. The van der Waals surface area contributed by atoms with Gasteiger partial charge < -0.3 is 9.84 Å². The summed E-state index contributed by atoms with van der Waals surface area (Å²) >= 11 is 20.9. The Morgan fingerprint density at radius 1 is 1.00 bits per heavy atom. The van der Waals surface area contributed by atoms with Gasteiger partial charge in [-0.15, -0.1) is 10.2 Å². The van der Waals surface area contributed by atoms with Crippen molar-refractivity contribution in [2.45, 2.75) is 42.3 Å². The number of hydrogen-bond acceptors (Lipinski definition) is 8. The molecule has 1 N–H and O–H groups in total. The van der Waals surface area contributed by atoms with E-state index in [1.165, 1.54) is 28.0 Å². The van der Waals surface area contributed by atoms with Crippen LogP contribution >= 0.6 is 57.9 Å². The monoisotopic (exact) mass is 673 g/mol. The molecule has 222 valence electrons. The van der Waals surface area contributed by atoms with Crippen molar-refractivity contribution in [3.05, 3.63) is 104 Å². The molecule has 1 saturated heterocycles. The Hall–Kier alpha value is -3.08. The minimum Gasteiger partial charge on any atom is -0.507 e. The van der Waals surface area contributed by atoms with E-state index in [4.69, 9.17) is 39.5 Å². The predicted octanol–water partition coefficient (Wildman–Crippen LogP) is 8.99. The molecule has 2 heterocycles. The molecule has 4 aromatic rings. The number of aromatic nitrogens is 2. The van der Waals surface area contributed by atoms with E-state index < -0.39 is 17.7 Å². The van der Waals surface area contributed by atoms with Gasteiger partial charge in [-0.25, -0.2) is 0 Å². The zero-order chi connectivity index (χ0) is 30.5. The number of hydrogen-bond donors (Lipinski definition) is 1. The second-order valence-electron chi connectivity index (χ2n) is 9.68. The molecule has 0 aliphatic carbocycles. The van der Waals surface area contributed by atoms with Gasteiger partial charge in [0, 0.05) is 26.4 Å². The Kier molecular flexibility index (Phi) is 10.3. The van der Waals surface area contributed by atoms with Crippen LogP contribution in [0.15, 0.2) is 76.6 Å². The van der Waals surface area contributed by atoms with Crippen LogP contribution in [-0.2, 0) is 15.3 Å². The highest BCUT2D eigenvalue weighted by Crippen LogP contribution is 2.45. The molecule has 1 amide bonds. The molecule has 12 heteroatoms. The Balaban J connectivity index is 1.51. The van der Waals surface area contributed by atoms with Crippen molar-refractivity contribution in [3.8, 4) is 5.75 Å². The van der Waals surface area contributed by atoms with Gasteiger partial charge in [-0.2, -0.15) is 0 Å². The van der Waals surface area contributed by atoms with Gasteiger partial charge in [0.05, 0.1) is 18.2 Å². The van der Waals surface area contributed by atoms with Crippen molar-refractivity contribution in [2.75, 3.05) is 11.5 Å². The highest BCUT2D eigenvalue weighted by atomic mass is 35.5. The Morgan fingerprint density at radius 3 is 2.51 bits per heavy atom. The molecule has 5 rings (SSSR count). The number of benzene rings is 3. The number of ether oxygens (including phenoxy) is 1. The lowest BCUT2D eigenvalue weighted by Crippen LogP contribution is -2.29. The van der Waals surface area contributed by atoms with Crippen LogP contribution < -0.4 is 9.64 Å². The molecule has 1 aliphatic rings. The Morgan fingerprint density at radius 2 is 1.77 bits per heavy atom. The normalized spacial score (nSPS) is 16.2. The van der Waals surface area contributed by atoms with Gasteiger partial charge in [-0.3, -0.25) is 14.5 Å². The number of halogens is 3. The van der Waals surface area contributed by atoms with Crippen LogP contribution in [0.3, 0.4) is 0 Å². The van der Waals surface area contributed by atoms with Crippen LogP contribution in [0, 0.1) is 0 Å². The Labute approximate surface area is 272 Å². The maximum absolute atomic E-state index is 13.6. The third-order valence-corrected chi connectivity index (χ3v) is 9.66. The van der Waals surface area contributed by atoms with Crippen LogP contribution in [0.1, 0.15) is 48.9 Å². The van der Waals surface area contributed by atoms with Crippen molar-refractivity contribution in [3.63, 3.8) is 0 Å². The zero-order valence-electron chi connectivity index (χ0n) is 22.9. The average Bonchev–Trinajstić information content (AvgIpc) is 3.57. The van der Waals surface area contributed by atoms with Gasteiger partial charge in [0.2, 0.25) is 5.13 Å². The molecular weight excluding hydrogens is 649 g/mol. The first kappa shape index (κ1) is 31.3. The molecule has 0 bridgehead atoms. The number of Topliss-reactive ketones (excluding diaryl/α,β-unsaturated/α-hetero) is 1. The number of carbonyl (C=O) groups is 2. The fourth-order valence-electron chi connectivity index (χ4n) is 4.56. The van der Waals surface area contributed by atoms with E-state index >= 15 is 0 Å². The van der Waals surface area contributed by atoms with Crippen LogP contribution in [0.25, 0.3) is 5.76 Å². The van der Waals surface area contributed by atoms with E-state index in [1.54, 1.807) is 54.6 Å². The number of anilines is 1. The van der Waals surface area contributed by atoms with Gasteiger partial charge in [0.15, 0.2) is 4.34 Å². The molecule has 1 unspecified atom stereocenters. The lowest BCUT2D eigenvalue weighted by atomic mass is 9.95. The second kappa shape index (κ2) is 14.1. The largest absolute Gasteiger partial charge is 0.507 e. The van der Waals surface area contributed by atoms with Crippen LogP contribution in [0.5, 0.6) is 5.75 Å². The molecule has 1 aliphatic heterocycles. The quantitative estimate of drug-likeness (QED) is 0.0424. The molecule has 1 fully saturated rings. The summed E-state index contributed by atoms with van der Waals surface area (Å²) in [6.45, 7) is 2.66. The third-order valence-electron chi connectivity index (χ3n) is 6.72. The predicted molar refractivity (Wildman–Crippen MR) is 174 cm³/mol. The number of thioether (sulfide) groups is 1. The van der Waals surface area contributed by atoms with E-state index in [1.807, 2.05) is 12.1 Å². The number of aliphatic hydroxyl groups is 1. The minimum atomic E-state index is -0.966. The zero-order valence-corrected chi connectivity index (χ0v) is 26.8. The van der Waals surface area contributed by atoms with Crippen molar-refractivity contribution in [2.24, 2.45) is 0 Å². The van der Waals surface area contributed by atoms with Gasteiger partial charge in [-0.1, -0.05) is 95.9 Å². The van der Waals surface area contributed by atoms with Crippen molar-refractivity contribution in [1.82, 2.24) is 10.2 Å². The van der Waals surface area contributed by atoms with Crippen LogP contribution in [-0.4, -0.2) is 33.6 Å². The molecule has 3 aromatic carbocycles. The number of amides is 1. The van der Waals surface area contributed by atoms with Crippen LogP contribution in [0.2, 0.25) is 15.1 Å². The van der Waals surface area contributed by atoms with Gasteiger partial charge in [0.25, 0.3) is 5.78 Å². The lowest BCUT2D eigenvalue weighted by Gasteiger charge is -2.23. The van der Waals surface area contributed by atoms with Crippen molar-refractivity contribution < 1.29 is 19.4 Å². The first-order chi connectivity index (χ1) is 20.8. The molecule has 1 atom stereocenters. The number of unbranched alkanes of at least 4 members (excludes halogenated alkanes) is 2. The van der Waals surface area contributed by atoms with Crippen molar-refractivity contribution in [1.29, 1.82) is 0 Å². The summed E-state index contributed by atoms with van der Waals surface area (Å²) in [5, 5.41) is 21.7. The van der Waals surface area contributed by atoms with Crippen molar-refractivity contribution >= 4 is 80.5 Å². The smallest absolute Gasteiger partial charge is 0.301 e. The summed E-state index contributed by atoms with van der Waals surface area (Å²) in [6, 6.07) is 17.9. The highest BCUT2D eigenvalue weighted by molar-refractivity contribution is 8.00. The standard InChI is InChI=1S/C31H26Cl3N3O4S2/c1-2-3-4-14-41-23-7-5-6-19(15-23)26-25(27(38)18-8-11-21(32)12-9-18)28(39)29(40)37(26)30-35-36-31(43-30)42-17-20-10-13-22(33)16-24(20)34/h5-13,15-16,26,38H,2-4,14,17H2,1H3/b27-25+. The number of carbonyl (C=O) groups excluding carboxylic acids is 2. The van der Waals surface area contributed by atoms with E-state index in [0.717, 1.165) is 24.8 Å². The lowest BCUT2D eigenvalue weighted by molar-refractivity contribution is -0.132. The minimum absolute atomic E-state index is 0.0622. The number of nitrogens with zero attached hydrogens (tertiary/aromatic N) is 3. The second-order valence-corrected chi connectivity index (χ2v) is 13.1. The maximum Gasteiger partial charge on any atom is 0.301 e. The van der Waals surface area contributed by atoms with Gasteiger partial charge >= 0.3 is 5.91 Å². The van der Waals surface area contributed by atoms with E-state index in [0.29, 0.717) is 48.6 Å². The summed E-state index contributed by atoms with van der Waals surface area (Å²) in [5.41, 5.74) is 1.74. The molecule has 0 saturated carbocycles. The van der Waals surface area contributed by atoms with Gasteiger partial charge in [0.1, 0.15) is 11.5 Å². The fraction of sp³-hybridized carbons (Fsp3) is 0.226. The van der Waals surface area contributed by atoms with Gasteiger partial charge in [-0.05, 0) is 66.1 Å². The fourth-order valence-corrected chi connectivity index (χ4v) is 7.11. The molecule has 1 aromatic heterocycles. The summed E-state index contributed by atoms with van der Waals surface area (Å²) in [6.07, 6.45) is 3.02. The van der Waals surface area contributed by atoms with E-state index in [9.17, 15) is 14.7 Å². The number of ketones is 1. The number of rotatable bonds is 11. The van der Waals surface area contributed by atoms with E-state index in [2.05, 4.69) is 17.1 Å². The molecule has 0 radical (unpaired) electrons. The van der Waals surface area contributed by atoms with Crippen LogP contribution in [0.4, 0.5) is 5.13 Å². The van der Waals surface area contributed by atoms with E-state index in [-0.39, 0.29) is 16.5 Å². The molecule has 7 nitrogen and oxygen atoms in total. The molecular formula is C31H26Cl3N3O4S2. The summed E-state index contributed by atoms with van der Waals surface area (Å²) in [4.78, 5) is 28.4. The Bertz CT molecular complexity index is 1680. The first-order valence-corrected chi connectivity index (χ1v) is 16.4. The molecule has 43 heavy (non-hydrogen) atoms. The maximum atomic E-state index is 13.6. The average molecular weight is 675 g/mol. The summed E-state index contributed by atoms with van der Waals surface area (Å²) in [5.74, 6) is -0.861. The number of aliphatic hydroxyl groups excluding tert-OH is 1. The molecule has 0 spiro atoms. The third kappa shape index (κ3) is 7.19. The summed E-state index contributed by atoms with van der Waals surface area (Å²) < 4.78 is 6.54. The topological polar surface area (TPSA) is 92.6 Å². The highest BCUT2D eigenvalue weighted by Gasteiger charge is 2.48.